The van der Waals surface area contributed by atoms with Crippen LogP contribution >= 0.6 is 0 Å². The number of hydrogen-bond acceptors (Lipinski definition) is 1. The van der Waals surface area contributed by atoms with Gasteiger partial charge in [0.05, 0.1) is 5.41 Å². The lowest BCUT2D eigenvalue weighted by molar-refractivity contribution is -0.401. The van der Waals surface area contributed by atoms with E-state index in [0.717, 1.165) is 25.7 Å². The van der Waals surface area contributed by atoms with Gasteiger partial charge in [0.25, 0.3) is 0 Å². The van der Waals surface area contributed by atoms with Crippen LogP contribution in [0.3, 0.4) is 0 Å². The van der Waals surface area contributed by atoms with Crippen molar-refractivity contribution in [3.63, 3.8) is 0 Å². The van der Waals surface area contributed by atoms with Crippen LogP contribution in [0.1, 0.15) is 85.3 Å². The van der Waals surface area contributed by atoms with Crippen LogP contribution in [0.4, 0.5) is 11.4 Å². The van der Waals surface area contributed by atoms with Gasteiger partial charge in [-0.1, -0.05) is 83.9 Å². The van der Waals surface area contributed by atoms with Gasteiger partial charge in [0, 0.05) is 41.6 Å². The first-order chi connectivity index (χ1) is 16.5. The van der Waals surface area contributed by atoms with E-state index in [1.807, 2.05) is 0 Å². The Labute approximate surface area is 214 Å². The molecule has 35 heavy (non-hydrogen) atoms. The lowest BCUT2D eigenvalue weighted by Gasteiger charge is -2.31. The van der Waals surface area contributed by atoms with E-state index >= 15 is 0 Å². The molecule has 2 heteroatoms. The zero-order valence-electron chi connectivity index (χ0n) is 23.5. The number of anilines is 1. The maximum atomic E-state index is 2.52. The van der Waals surface area contributed by atoms with Gasteiger partial charge in [-0.15, -0.1) is 0 Å². The molecule has 0 fully saturated rings. The summed E-state index contributed by atoms with van der Waals surface area (Å²) in [6.07, 6.45) is 9.65. The zero-order chi connectivity index (χ0) is 25.6. The van der Waals surface area contributed by atoms with E-state index in [0.29, 0.717) is 0 Å². The average Bonchev–Trinajstić information content (AvgIpc) is 3.15. The summed E-state index contributed by atoms with van der Waals surface area (Å²) < 4.78 is 2.44. The summed E-state index contributed by atoms with van der Waals surface area (Å²) in [6, 6.07) is 17.9. The molecule has 0 N–H and O–H groups in total. The van der Waals surface area contributed by atoms with Gasteiger partial charge in [-0.25, -0.2) is 0 Å². The molecule has 2 nitrogen and oxygen atoms in total. The maximum Gasteiger partial charge on any atom is 0.209 e. The molecule has 186 valence electrons. The minimum Gasteiger partial charge on any atom is -0.347 e. The molecule has 2 aliphatic heterocycles. The molecule has 0 bridgehead atoms. The number of fused-ring (bicyclic) bond motifs is 2. The molecule has 0 amide bonds. The fraction of sp³-hybridized carbons (Fsp3) is 0.485. The largest absolute Gasteiger partial charge is 0.347 e. The molecule has 2 unspecified atom stereocenters. The first kappa shape index (κ1) is 25.5. The second-order valence-electron chi connectivity index (χ2n) is 12.1. The van der Waals surface area contributed by atoms with E-state index in [4.69, 9.17) is 0 Å². The van der Waals surface area contributed by atoms with Gasteiger partial charge in [0.15, 0.2) is 5.71 Å². The molecule has 0 aromatic heterocycles. The first-order valence-corrected chi connectivity index (χ1v) is 13.5. The van der Waals surface area contributed by atoms with E-state index in [-0.39, 0.29) is 16.2 Å². The third-order valence-corrected chi connectivity index (χ3v) is 8.52. The minimum atomic E-state index is 0.0193. The Morgan fingerprint density at radius 2 is 1.46 bits per heavy atom. The molecule has 0 saturated heterocycles. The molecule has 2 aromatic carbocycles. The summed E-state index contributed by atoms with van der Waals surface area (Å²) in [6.45, 7) is 16.6. The molecule has 0 spiro atoms. The standard InChI is InChI=1S/C33H45N2/c1-10-20-32(6)25-16-12-14-18-27(25)34(8)29(32)22-24(31(3,4)5)23-30-33(7,21-11-2)26-17-13-15-19-28(26)35(30)9/h12-19,22-23H,10-11,20-21H2,1-9H3/q+1. The van der Waals surface area contributed by atoms with Crippen LogP contribution in [0.5, 0.6) is 0 Å². The highest BCUT2D eigenvalue weighted by molar-refractivity contribution is 6.04. The summed E-state index contributed by atoms with van der Waals surface area (Å²) in [5.74, 6) is 0. The van der Waals surface area contributed by atoms with Crippen LogP contribution in [-0.4, -0.2) is 24.4 Å². The number of rotatable bonds is 6. The molecule has 0 aliphatic carbocycles. The number of benzene rings is 2. The van der Waals surface area contributed by atoms with E-state index in [9.17, 15) is 0 Å². The van der Waals surface area contributed by atoms with Crippen molar-refractivity contribution < 1.29 is 4.58 Å². The molecule has 2 aliphatic rings. The molecular formula is C33H45N2+. The van der Waals surface area contributed by atoms with Crippen molar-refractivity contribution in [2.75, 3.05) is 19.0 Å². The number of nitrogens with zero attached hydrogens (tertiary/aromatic N) is 2. The fourth-order valence-electron chi connectivity index (χ4n) is 6.55. The van der Waals surface area contributed by atoms with Crippen molar-refractivity contribution in [3.05, 3.63) is 83.1 Å². The smallest absolute Gasteiger partial charge is 0.209 e. The average molecular weight is 470 g/mol. The third-order valence-electron chi connectivity index (χ3n) is 8.52. The Balaban J connectivity index is 1.92. The maximum absolute atomic E-state index is 2.52. The molecule has 4 rings (SSSR count). The predicted octanol–water partition coefficient (Wildman–Crippen LogP) is 8.54. The molecule has 2 heterocycles. The summed E-state index contributed by atoms with van der Waals surface area (Å²) in [5.41, 5.74) is 9.88. The van der Waals surface area contributed by atoms with Gasteiger partial charge in [-0.2, -0.15) is 4.58 Å². The Hall–Kier alpha value is -2.61. The van der Waals surface area contributed by atoms with Crippen molar-refractivity contribution in [3.8, 4) is 0 Å². The molecular weight excluding hydrogens is 424 g/mol. The van der Waals surface area contributed by atoms with Crippen LogP contribution < -0.4 is 4.90 Å². The summed E-state index contributed by atoms with van der Waals surface area (Å²) in [5, 5.41) is 0. The number of allylic oxidation sites excluding steroid dienone is 4. The Bertz CT molecular complexity index is 1210. The predicted molar refractivity (Wildman–Crippen MR) is 152 cm³/mol. The monoisotopic (exact) mass is 469 g/mol. The Morgan fingerprint density at radius 3 is 2.09 bits per heavy atom. The highest BCUT2D eigenvalue weighted by Crippen LogP contribution is 2.51. The van der Waals surface area contributed by atoms with Crippen LogP contribution in [0.2, 0.25) is 0 Å². The molecule has 0 radical (unpaired) electrons. The third kappa shape index (κ3) is 4.09. The number of likely N-dealkylation sites (N-methyl/N-ethyl adjacent to an activating group) is 1. The quantitative estimate of drug-likeness (QED) is 0.384. The second kappa shape index (κ2) is 9.12. The zero-order valence-corrected chi connectivity index (χ0v) is 23.5. The van der Waals surface area contributed by atoms with Gasteiger partial charge in [0.1, 0.15) is 7.05 Å². The number of para-hydroxylation sites is 2. The fourth-order valence-corrected chi connectivity index (χ4v) is 6.55. The van der Waals surface area contributed by atoms with Gasteiger partial charge < -0.3 is 4.90 Å². The summed E-state index contributed by atoms with van der Waals surface area (Å²) in [7, 11) is 4.50. The van der Waals surface area contributed by atoms with Gasteiger partial charge in [-0.3, -0.25) is 0 Å². The summed E-state index contributed by atoms with van der Waals surface area (Å²) in [4.78, 5) is 2.44. The normalized spacial score (nSPS) is 25.5. The van der Waals surface area contributed by atoms with Crippen molar-refractivity contribution in [1.82, 2.24) is 0 Å². The van der Waals surface area contributed by atoms with Crippen molar-refractivity contribution in [2.45, 2.75) is 85.0 Å². The van der Waals surface area contributed by atoms with Crippen LogP contribution in [-0.2, 0) is 10.8 Å². The van der Waals surface area contributed by atoms with Crippen molar-refractivity contribution in [2.24, 2.45) is 5.41 Å². The van der Waals surface area contributed by atoms with Crippen LogP contribution in [0.15, 0.2) is 72.0 Å². The summed E-state index contributed by atoms with van der Waals surface area (Å²) >= 11 is 0. The van der Waals surface area contributed by atoms with Crippen LogP contribution in [0, 0.1) is 5.41 Å². The molecule has 0 saturated carbocycles. The van der Waals surface area contributed by atoms with Crippen molar-refractivity contribution >= 4 is 17.1 Å². The molecule has 2 atom stereocenters. The lowest BCUT2D eigenvalue weighted by Crippen LogP contribution is -2.32. The highest BCUT2D eigenvalue weighted by atomic mass is 15.2. The van der Waals surface area contributed by atoms with Gasteiger partial charge >= 0.3 is 0 Å². The Kier molecular flexibility index (Phi) is 6.64. The van der Waals surface area contributed by atoms with E-state index in [1.165, 1.54) is 39.5 Å². The van der Waals surface area contributed by atoms with Gasteiger partial charge in [-0.05, 0) is 55.4 Å². The first-order valence-electron chi connectivity index (χ1n) is 13.5. The highest BCUT2D eigenvalue weighted by Gasteiger charge is 2.47. The van der Waals surface area contributed by atoms with Crippen LogP contribution in [0.25, 0.3) is 0 Å². The van der Waals surface area contributed by atoms with Crippen molar-refractivity contribution in [1.29, 1.82) is 0 Å². The Morgan fingerprint density at radius 1 is 0.886 bits per heavy atom. The topological polar surface area (TPSA) is 6.25 Å². The second-order valence-corrected chi connectivity index (χ2v) is 12.1. The minimum absolute atomic E-state index is 0.0193. The van der Waals surface area contributed by atoms with Gasteiger partial charge in [0.2, 0.25) is 5.69 Å². The van der Waals surface area contributed by atoms with E-state index < -0.39 is 0 Å². The SMILES string of the molecule is CCCC1(C)C(/C=C(/C=C2\N(C)c3ccccc3C2(C)CCC)C(C)(C)C)=[N+](C)c2ccccc21. The van der Waals surface area contributed by atoms with E-state index in [2.05, 4.69) is 133 Å². The lowest BCUT2D eigenvalue weighted by atomic mass is 9.73. The molecule has 2 aromatic rings. The number of hydrogen-bond donors (Lipinski definition) is 0. The van der Waals surface area contributed by atoms with E-state index in [1.54, 1.807) is 0 Å².